The van der Waals surface area contributed by atoms with E-state index in [0.29, 0.717) is 23.6 Å². The Morgan fingerprint density at radius 2 is 1.82 bits per heavy atom. The first-order valence-corrected chi connectivity index (χ1v) is 12.1. The average Bonchev–Trinajstić information content (AvgIpc) is 2.82. The number of aryl methyl sites for hydroxylation is 1. The van der Waals surface area contributed by atoms with Crippen molar-refractivity contribution in [3.63, 3.8) is 0 Å². The van der Waals surface area contributed by atoms with Gasteiger partial charge in [-0.1, -0.05) is 30.3 Å². The van der Waals surface area contributed by atoms with Gasteiger partial charge in [0.15, 0.2) is 11.5 Å². The lowest BCUT2D eigenvalue weighted by molar-refractivity contribution is -0.119. The molecule has 3 aromatic rings. The van der Waals surface area contributed by atoms with E-state index < -0.39 is 22.5 Å². The molecule has 0 fully saturated rings. The minimum atomic E-state index is -4.01. The largest absolute Gasteiger partial charge is 0.504 e. The van der Waals surface area contributed by atoms with E-state index >= 15 is 0 Å². The molecule has 0 saturated carbocycles. The Balaban J connectivity index is 1.84. The molecule has 0 aliphatic carbocycles. The molecule has 0 aromatic heterocycles. The molecular weight excluding hydrogens is 454 g/mol. The lowest BCUT2D eigenvalue weighted by Crippen LogP contribution is -2.40. The van der Waals surface area contributed by atoms with E-state index in [-0.39, 0.29) is 10.6 Å². The van der Waals surface area contributed by atoms with Crippen molar-refractivity contribution in [3.05, 3.63) is 83.4 Å². The van der Waals surface area contributed by atoms with Crippen LogP contribution in [-0.4, -0.2) is 38.8 Å². The third-order valence-corrected chi connectivity index (χ3v) is 6.92. The number of hydrogen-bond donors (Lipinski definition) is 2. The van der Waals surface area contributed by atoms with Gasteiger partial charge in [-0.2, -0.15) is 5.10 Å². The summed E-state index contributed by atoms with van der Waals surface area (Å²) < 4.78 is 33.3. The summed E-state index contributed by atoms with van der Waals surface area (Å²) in [4.78, 5) is 12.8. The Morgan fingerprint density at radius 3 is 2.53 bits per heavy atom. The number of ether oxygens (including phenoxy) is 1. The van der Waals surface area contributed by atoms with Gasteiger partial charge in [0.1, 0.15) is 6.54 Å². The van der Waals surface area contributed by atoms with Crippen LogP contribution in [0.1, 0.15) is 23.6 Å². The number of hydrazone groups is 1. The summed E-state index contributed by atoms with van der Waals surface area (Å²) in [6, 6.07) is 17.9. The van der Waals surface area contributed by atoms with Crippen molar-refractivity contribution in [2.75, 3.05) is 17.5 Å². The maximum absolute atomic E-state index is 13.4. The summed E-state index contributed by atoms with van der Waals surface area (Å²) in [6.45, 7) is 5.42. The van der Waals surface area contributed by atoms with Crippen molar-refractivity contribution >= 4 is 27.8 Å². The Labute approximate surface area is 199 Å². The molecule has 0 saturated heterocycles. The SMILES string of the molecule is CCOc1cc(/C=N\NC(=O)CN(c2cccc(C)c2C)S(=O)(=O)c2ccccc2)ccc1O. The van der Waals surface area contributed by atoms with Crippen molar-refractivity contribution in [1.29, 1.82) is 0 Å². The predicted molar refractivity (Wildman–Crippen MR) is 132 cm³/mol. The first-order chi connectivity index (χ1) is 16.2. The number of hydrogen-bond acceptors (Lipinski definition) is 6. The normalized spacial score (nSPS) is 11.4. The minimum Gasteiger partial charge on any atom is -0.504 e. The van der Waals surface area contributed by atoms with Crippen LogP contribution in [0.3, 0.4) is 0 Å². The highest BCUT2D eigenvalue weighted by Gasteiger charge is 2.28. The van der Waals surface area contributed by atoms with Crippen LogP contribution in [0.5, 0.6) is 11.5 Å². The molecule has 8 nitrogen and oxygen atoms in total. The van der Waals surface area contributed by atoms with Gasteiger partial charge >= 0.3 is 0 Å². The van der Waals surface area contributed by atoms with Crippen LogP contribution in [0.4, 0.5) is 5.69 Å². The van der Waals surface area contributed by atoms with Crippen molar-refractivity contribution in [2.45, 2.75) is 25.7 Å². The molecule has 0 radical (unpaired) electrons. The van der Waals surface area contributed by atoms with Crippen LogP contribution in [0, 0.1) is 13.8 Å². The number of nitrogens with zero attached hydrogens (tertiary/aromatic N) is 2. The van der Waals surface area contributed by atoms with Crippen molar-refractivity contribution in [2.24, 2.45) is 5.10 Å². The van der Waals surface area contributed by atoms with Crippen LogP contribution in [0.25, 0.3) is 0 Å². The fourth-order valence-corrected chi connectivity index (χ4v) is 4.75. The maximum Gasteiger partial charge on any atom is 0.264 e. The number of aromatic hydroxyl groups is 1. The Hall–Kier alpha value is -3.85. The number of phenolic OH excluding ortho intramolecular Hbond substituents is 1. The highest BCUT2D eigenvalue weighted by Crippen LogP contribution is 2.28. The lowest BCUT2D eigenvalue weighted by atomic mass is 10.1. The maximum atomic E-state index is 13.4. The van der Waals surface area contributed by atoms with E-state index in [0.717, 1.165) is 15.4 Å². The van der Waals surface area contributed by atoms with E-state index in [2.05, 4.69) is 10.5 Å². The van der Waals surface area contributed by atoms with Crippen molar-refractivity contribution in [3.8, 4) is 11.5 Å². The summed E-state index contributed by atoms with van der Waals surface area (Å²) >= 11 is 0. The highest BCUT2D eigenvalue weighted by molar-refractivity contribution is 7.92. The van der Waals surface area contributed by atoms with Gasteiger partial charge in [-0.05, 0) is 73.9 Å². The second-order valence-corrected chi connectivity index (χ2v) is 9.36. The van der Waals surface area contributed by atoms with Crippen LogP contribution >= 0.6 is 0 Å². The minimum absolute atomic E-state index is 0.00156. The zero-order chi connectivity index (χ0) is 24.7. The first-order valence-electron chi connectivity index (χ1n) is 10.7. The summed E-state index contributed by atoms with van der Waals surface area (Å²) in [7, 11) is -4.01. The number of carbonyl (C=O) groups excluding carboxylic acids is 1. The topological polar surface area (TPSA) is 108 Å². The smallest absolute Gasteiger partial charge is 0.264 e. The zero-order valence-corrected chi connectivity index (χ0v) is 20.0. The van der Waals surface area contributed by atoms with Gasteiger partial charge in [-0.3, -0.25) is 9.10 Å². The molecule has 1 amide bonds. The molecule has 9 heteroatoms. The number of sulfonamides is 1. The standard InChI is InChI=1S/C25H27N3O5S/c1-4-33-24-15-20(13-14-23(24)29)16-26-27-25(30)17-28(22-12-8-9-18(2)19(22)3)34(31,32)21-10-6-5-7-11-21/h5-16,29H,4,17H2,1-3H3,(H,27,30)/b26-16-. The number of nitrogens with one attached hydrogen (secondary N) is 1. The molecule has 0 unspecified atom stereocenters. The van der Waals surface area contributed by atoms with Gasteiger partial charge in [0, 0.05) is 0 Å². The molecule has 34 heavy (non-hydrogen) atoms. The van der Waals surface area contributed by atoms with Crippen molar-refractivity contribution in [1.82, 2.24) is 5.43 Å². The molecule has 3 aromatic carbocycles. The van der Waals surface area contributed by atoms with Gasteiger partial charge < -0.3 is 9.84 Å². The van der Waals surface area contributed by atoms with Crippen molar-refractivity contribution < 1.29 is 23.1 Å². The van der Waals surface area contributed by atoms with Gasteiger partial charge in [-0.15, -0.1) is 0 Å². The average molecular weight is 482 g/mol. The van der Waals surface area contributed by atoms with Gasteiger partial charge in [0.25, 0.3) is 15.9 Å². The molecule has 0 bridgehead atoms. The molecule has 0 atom stereocenters. The summed E-state index contributed by atoms with van der Waals surface area (Å²) in [5.74, 6) is -0.313. The molecule has 2 N–H and O–H groups in total. The summed E-state index contributed by atoms with van der Waals surface area (Å²) in [5.41, 5.74) is 5.04. The zero-order valence-electron chi connectivity index (χ0n) is 19.2. The molecule has 0 heterocycles. The van der Waals surface area contributed by atoms with Gasteiger partial charge in [0.05, 0.1) is 23.4 Å². The quantitative estimate of drug-likeness (QED) is 0.357. The number of carbonyl (C=O) groups is 1. The number of phenols is 1. The van der Waals surface area contributed by atoms with Crippen LogP contribution in [0.2, 0.25) is 0 Å². The molecular formula is C25H27N3O5S. The molecule has 3 rings (SSSR count). The van der Waals surface area contributed by atoms with Gasteiger partial charge in [0.2, 0.25) is 0 Å². The third-order valence-electron chi connectivity index (χ3n) is 5.15. The second-order valence-electron chi connectivity index (χ2n) is 7.50. The lowest BCUT2D eigenvalue weighted by Gasteiger charge is -2.26. The fraction of sp³-hybridized carbons (Fsp3) is 0.200. The van der Waals surface area contributed by atoms with E-state index in [4.69, 9.17) is 4.74 Å². The Kier molecular flexibility index (Phi) is 7.91. The summed E-state index contributed by atoms with van der Waals surface area (Å²) in [6.07, 6.45) is 1.38. The molecule has 0 aliphatic rings. The van der Waals surface area contributed by atoms with E-state index in [1.54, 1.807) is 49.4 Å². The van der Waals surface area contributed by atoms with Crippen LogP contribution < -0.4 is 14.5 Å². The summed E-state index contributed by atoms with van der Waals surface area (Å²) in [5, 5.41) is 13.7. The fourth-order valence-electron chi connectivity index (χ4n) is 3.25. The second kappa shape index (κ2) is 10.8. The van der Waals surface area contributed by atoms with Crippen LogP contribution in [-0.2, 0) is 14.8 Å². The molecule has 178 valence electrons. The first kappa shape index (κ1) is 24.8. The monoisotopic (exact) mass is 481 g/mol. The Morgan fingerprint density at radius 1 is 1.09 bits per heavy atom. The Bertz CT molecular complexity index is 1290. The number of amides is 1. The predicted octanol–water partition coefficient (Wildman–Crippen LogP) is 3.75. The van der Waals surface area contributed by atoms with E-state index in [9.17, 15) is 18.3 Å². The van der Waals surface area contributed by atoms with E-state index in [1.807, 2.05) is 19.9 Å². The third kappa shape index (κ3) is 5.74. The highest BCUT2D eigenvalue weighted by atomic mass is 32.2. The molecule has 0 aliphatic heterocycles. The number of anilines is 1. The number of benzene rings is 3. The number of rotatable bonds is 9. The van der Waals surface area contributed by atoms with Gasteiger partial charge in [-0.25, -0.2) is 13.8 Å². The van der Waals surface area contributed by atoms with E-state index in [1.165, 1.54) is 24.4 Å². The van der Waals surface area contributed by atoms with Crippen LogP contribution in [0.15, 0.2) is 76.7 Å². The molecule has 0 spiro atoms.